The maximum atomic E-state index is 13.1. The zero-order chi connectivity index (χ0) is 20.8. The molecule has 0 aromatic heterocycles. The highest BCUT2D eigenvalue weighted by Gasteiger charge is 2.26. The Morgan fingerprint density at radius 2 is 1.38 bits per heavy atom. The lowest BCUT2D eigenvalue weighted by Gasteiger charge is -2.18. The Morgan fingerprint density at radius 3 is 1.97 bits per heavy atom. The molecule has 1 atom stereocenters. The Balaban J connectivity index is 1.85. The summed E-state index contributed by atoms with van der Waals surface area (Å²) >= 11 is 0. The van der Waals surface area contributed by atoms with Gasteiger partial charge in [0.05, 0.1) is 5.56 Å². The van der Waals surface area contributed by atoms with Gasteiger partial charge in [-0.25, -0.2) is 4.79 Å². The van der Waals surface area contributed by atoms with E-state index in [-0.39, 0.29) is 17.3 Å². The third kappa shape index (κ3) is 5.17. The Kier molecular flexibility index (Phi) is 6.19. The molecule has 3 aromatic rings. The first kappa shape index (κ1) is 20.0. The fraction of sp³-hybridized carbons (Fsp3) is 0.125. The van der Waals surface area contributed by atoms with E-state index in [0.29, 0.717) is 16.8 Å². The third-order valence-electron chi connectivity index (χ3n) is 4.34. The molecular formula is C24H21NO4. The van der Waals surface area contributed by atoms with E-state index in [9.17, 15) is 14.4 Å². The molecule has 0 heterocycles. The summed E-state index contributed by atoms with van der Waals surface area (Å²) in [6.45, 7) is 3.34. The van der Waals surface area contributed by atoms with Gasteiger partial charge in [-0.05, 0) is 31.2 Å². The number of carbonyl (C=O) groups is 3. The van der Waals surface area contributed by atoms with Crippen LogP contribution >= 0.6 is 0 Å². The molecular weight excluding hydrogens is 366 g/mol. The lowest BCUT2D eigenvalue weighted by atomic mass is 9.99. The minimum Gasteiger partial charge on any atom is -0.445 e. The highest BCUT2D eigenvalue weighted by Crippen LogP contribution is 2.24. The van der Waals surface area contributed by atoms with E-state index >= 15 is 0 Å². The number of ketones is 1. The van der Waals surface area contributed by atoms with Crippen LogP contribution < -0.4 is 5.32 Å². The molecule has 1 amide bonds. The molecule has 5 heteroatoms. The summed E-state index contributed by atoms with van der Waals surface area (Å²) in [7, 11) is 0. The number of hydrogen-bond acceptors (Lipinski definition) is 4. The van der Waals surface area contributed by atoms with E-state index in [2.05, 4.69) is 5.32 Å². The van der Waals surface area contributed by atoms with Crippen LogP contribution in [0.15, 0.2) is 78.9 Å². The summed E-state index contributed by atoms with van der Waals surface area (Å²) in [5, 5.41) is 2.64. The first-order valence-corrected chi connectivity index (χ1v) is 9.18. The number of Topliss-reactive ketones (excluding diaryl/α,β-unsaturated/α-hetero) is 1. The Hall–Kier alpha value is -3.73. The van der Waals surface area contributed by atoms with E-state index in [1.54, 1.807) is 60.7 Å². The predicted molar refractivity (Wildman–Crippen MR) is 111 cm³/mol. The molecule has 0 spiro atoms. The minimum atomic E-state index is -1.05. The van der Waals surface area contributed by atoms with Crippen LogP contribution in [0, 0.1) is 6.92 Å². The van der Waals surface area contributed by atoms with Gasteiger partial charge in [0.25, 0.3) is 0 Å². The van der Waals surface area contributed by atoms with Crippen LogP contribution in [0.25, 0.3) is 0 Å². The number of rotatable bonds is 6. The van der Waals surface area contributed by atoms with Crippen molar-refractivity contribution in [3.63, 3.8) is 0 Å². The number of esters is 1. The molecule has 0 radical (unpaired) electrons. The standard InChI is InChI=1S/C24H21NO4/c1-16-8-10-18(11-9-16)22(27)23(19-6-4-3-5-7-19)29-24(28)20-12-14-21(15-13-20)25-17(2)26/h3-15,23H,1-2H3,(H,25,26)/t23-/m1/s1. The van der Waals surface area contributed by atoms with Crippen LogP contribution in [-0.2, 0) is 9.53 Å². The second-order valence-electron chi connectivity index (χ2n) is 6.68. The van der Waals surface area contributed by atoms with Crippen LogP contribution in [0.3, 0.4) is 0 Å². The van der Waals surface area contributed by atoms with E-state index in [4.69, 9.17) is 4.74 Å². The van der Waals surface area contributed by atoms with E-state index < -0.39 is 12.1 Å². The normalized spacial score (nSPS) is 11.4. The number of ether oxygens (including phenoxy) is 1. The van der Waals surface area contributed by atoms with Gasteiger partial charge in [-0.3, -0.25) is 9.59 Å². The number of aryl methyl sites for hydroxylation is 1. The summed E-state index contributed by atoms with van der Waals surface area (Å²) in [5.74, 6) is -1.11. The summed E-state index contributed by atoms with van der Waals surface area (Å²) in [6.07, 6.45) is -1.05. The maximum Gasteiger partial charge on any atom is 0.339 e. The lowest BCUT2D eigenvalue weighted by molar-refractivity contribution is -0.114. The highest BCUT2D eigenvalue weighted by molar-refractivity contribution is 6.02. The molecule has 29 heavy (non-hydrogen) atoms. The lowest BCUT2D eigenvalue weighted by Crippen LogP contribution is -2.20. The molecule has 0 aliphatic rings. The van der Waals surface area contributed by atoms with Crippen molar-refractivity contribution in [2.45, 2.75) is 20.0 Å². The van der Waals surface area contributed by atoms with Gasteiger partial charge in [0.2, 0.25) is 11.7 Å². The second-order valence-corrected chi connectivity index (χ2v) is 6.68. The molecule has 3 aromatic carbocycles. The maximum absolute atomic E-state index is 13.1. The van der Waals surface area contributed by atoms with Crippen LogP contribution in [0.1, 0.15) is 44.9 Å². The highest BCUT2D eigenvalue weighted by atomic mass is 16.5. The van der Waals surface area contributed by atoms with Crippen molar-refractivity contribution in [3.05, 3.63) is 101 Å². The van der Waals surface area contributed by atoms with Gasteiger partial charge in [-0.2, -0.15) is 0 Å². The van der Waals surface area contributed by atoms with Crippen molar-refractivity contribution in [1.82, 2.24) is 0 Å². The molecule has 146 valence electrons. The van der Waals surface area contributed by atoms with Crippen LogP contribution in [-0.4, -0.2) is 17.7 Å². The Morgan fingerprint density at radius 1 is 0.793 bits per heavy atom. The van der Waals surface area contributed by atoms with Gasteiger partial charge in [0.15, 0.2) is 6.10 Å². The first-order chi connectivity index (χ1) is 13.9. The largest absolute Gasteiger partial charge is 0.445 e. The van der Waals surface area contributed by atoms with Gasteiger partial charge in [-0.1, -0.05) is 60.2 Å². The van der Waals surface area contributed by atoms with Crippen molar-refractivity contribution < 1.29 is 19.1 Å². The van der Waals surface area contributed by atoms with Gasteiger partial charge in [0.1, 0.15) is 0 Å². The average molecular weight is 387 g/mol. The fourth-order valence-corrected chi connectivity index (χ4v) is 2.84. The number of nitrogens with one attached hydrogen (secondary N) is 1. The number of hydrogen-bond donors (Lipinski definition) is 1. The summed E-state index contributed by atoms with van der Waals surface area (Å²) in [6, 6.07) is 22.4. The smallest absolute Gasteiger partial charge is 0.339 e. The topological polar surface area (TPSA) is 72.5 Å². The molecule has 0 aliphatic heterocycles. The number of benzene rings is 3. The quantitative estimate of drug-likeness (QED) is 0.490. The number of carbonyl (C=O) groups excluding carboxylic acids is 3. The van der Waals surface area contributed by atoms with E-state index in [0.717, 1.165) is 5.56 Å². The van der Waals surface area contributed by atoms with Gasteiger partial charge < -0.3 is 10.1 Å². The molecule has 0 bridgehead atoms. The molecule has 1 N–H and O–H groups in total. The van der Waals surface area contributed by atoms with Crippen molar-refractivity contribution >= 4 is 23.3 Å². The van der Waals surface area contributed by atoms with Crippen LogP contribution in [0.4, 0.5) is 5.69 Å². The zero-order valence-corrected chi connectivity index (χ0v) is 16.2. The first-order valence-electron chi connectivity index (χ1n) is 9.18. The minimum absolute atomic E-state index is 0.201. The van der Waals surface area contributed by atoms with Crippen LogP contribution in [0.2, 0.25) is 0 Å². The molecule has 0 saturated heterocycles. The monoisotopic (exact) mass is 387 g/mol. The van der Waals surface area contributed by atoms with Gasteiger partial charge in [0, 0.05) is 23.7 Å². The van der Waals surface area contributed by atoms with Crippen molar-refractivity contribution in [2.75, 3.05) is 5.32 Å². The SMILES string of the molecule is CC(=O)Nc1ccc(C(=O)O[C@@H](C(=O)c2ccc(C)cc2)c2ccccc2)cc1. The Labute approximate surface area is 169 Å². The summed E-state index contributed by atoms with van der Waals surface area (Å²) < 4.78 is 5.61. The Bertz CT molecular complexity index is 1010. The van der Waals surface area contributed by atoms with Crippen molar-refractivity contribution in [1.29, 1.82) is 0 Å². The molecule has 5 nitrogen and oxygen atoms in total. The van der Waals surface area contributed by atoms with Gasteiger partial charge >= 0.3 is 5.97 Å². The van der Waals surface area contributed by atoms with Crippen molar-refractivity contribution in [3.8, 4) is 0 Å². The molecule has 0 fully saturated rings. The summed E-state index contributed by atoms with van der Waals surface area (Å²) in [5.41, 5.74) is 2.97. The third-order valence-corrected chi connectivity index (χ3v) is 4.34. The van der Waals surface area contributed by atoms with E-state index in [1.165, 1.54) is 6.92 Å². The zero-order valence-electron chi connectivity index (χ0n) is 16.2. The van der Waals surface area contributed by atoms with Crippen LogP contribution in [0.5, 0.6) is 0 Å². The average Bonchev–Trinajstić information content (AvgIpc) is 2.72. The molecule has 3 rings (SSSR count). The molecule has 0 saturated carbocycles. The van der Waals surface area contributed by atoms with Crippen molar-refractivity contribution in [2.24, 2.45) is 0 Å². The molecule has 0 unspecified atom stereocenters. The molecule has 0 aliphatic carbocycles. The summed E-state index contributed by atoms with van der Waals surface area (Å²) in [4.78, 5) is 36.9. The van der Waals surface area contributed by atoms with E-state index in [1.807, 2.05) is 25.1 Å². The number of anilines is 1. The van der Waals surface area contributed by atoms with Gasteiger partial charge in [-0.15, -0.1) is 0 Å². The fourth-order valence-electron chi connectivity index (χ4n) is 2.84. The predicted octanol–water partition coefficient (Wildman–Crippen LogP) is 4.73. The second kappa shape index (κ2) is 8.97. The number of amides is 1.